The summed E-state index contributed by atoms with van der Waals surface area (Å²) in [5.74, 6) is -8.82. The van der Waals surface area contributed by atoms with Crippen molar-refractivity contribution in [1.29, 1.82) is 5.26 Å². The molecule has 0 spiro atoms. The van der Waals surface area contributed by atoms with Crippen LogP contribution in [0.1, 0.15) is 11.5 Å². The summed E-state index contributed by atoms with van der Waals surface area (Å²) in [5.41, 5.74) is 4.61. The highest BCUT2D eigenvalue weighted by Gasteiger charge is 2.43. The van der Waals surface area contributed by atoms with Crippen LogP contribution >= 0.6 is 0 Å². The van der Waals surface area contributed by atoms with E-state index in [4.69, 9.17) is 15.2 Å². The molecule has 1 heterocycles. The summed E-state index contributed by atoms with van der Waals surface area (Å²) in [6, 6.07) is 11.4. The number of ether oxygens (including phenoxy) is 2. The molecule has 1 unspecified atom stereocenters. The third-order valence-corrected chi connectivity index (χ3v) is 4.87. The number of halogens is 3. The van der Waals surface area contributed by atoms with Gasteiger partial charge in [0, 0.05) is 0 Å². The van der Waals surface area contributed by atoms with Gasteiger partial charge in [0.2, 0.25) is 0 Å². The highest BCUT2D eigenvalue weighted by atomic mass is 19.2. The van der Waals surface area contributed by atoms with Gasteiger partial charge in [0.25, 0.3) is 0 Å². The first-order valence-corrected chi connectivity index (χ1v) is 9.07. The second-order valence-electron chi connectivity index (χ2n) is 6.53. The Morgan fingerprint density at radius 2 is 1.62 bits per heavy atom. The monoisotopic (exact) mass is 443 g/mol. The maximum atomic E-state index is 14.7. The molecule has 3 rings (SSSR count). The van der Waals surface area contributed by atoms with Crippen LogP contribution in [0.2, 0.25) is 0 Å². The van der Waals surface area contributed by atoms with Crippen molar-refractivity contribution in [2.24, 2.45) is 5.73 Å². The Balaban J connectivity index is 2.46. The molecule has 7 nitrogen and oxygen atoms in total. The molecule has 0 aromatic heterocycles. The van der Waals surface area contributed by atoms with Gasteiger partial charge in [-0.05, 0) is 17.7 Å². The average Bonchev–Trinajstić information content (AvgIpc) is 2.81. The van der Waals surface area contributed by atoms with Crippen LogP contribution in [-0.4, -0.2) is 26.2 Å². The molecule has 32 heavy (non-hydrogen) atoms. The van der Waals surface area contributed by atoms with Crippen LogP contribution in [0.25, 0.3) is 0 Å². The van der Waals surface area contributed by atoms with E-state index < -0.39 is 52.5 Å². The Labute approximate surface area is 180 Å². The predicted molar refractivity (Wildman–Crippen MR) is 106 cm³/mol. The minimum Gasteiger partial charge on any atom is -0.466 e. The largest absolute Gasteiger partial charge is 0.466 e. The number of methoxy groups -OCH3 is 2. The summed E-state index contributed by atoms with van der Waals surface area (Å²) < 4.78 is 51.8. The molecule has 0 aliphatic carbocycles. The maximum absolute atomic E-state index is 14.7. The van der Waals surface area contributed by atoms with Crippen LogP contribution in [0, 0.1) is 28.8 Å². The normalized spacial score (nSPS) is 16.0. The molecule has 1 aliphatic rings. The molecule has 2 N–H and O–H groups in total. The SMILES string of the molecule is COC(=O)C1=C(C(=O)OC)N(c2ccc(F)c(F)c2F)C(N)=C(C#N)C1c1ccccc1. The number of nitrogens with zero attached hydrogens (tertiary/aromatic N) is 2. The Morgan fingerprint density at radius 3 is 2.19 bits per heavy atom. The van der Waals surface area contributed by atoms with Gasteiger partial charge < -0.3 is 15.2 Å². The van der Waals surface area contributed by atoms with Gasteiger partial charge in [-0.2, -0.15) is 5.26 Å². The molecule has 0 saturated carbocycles. The van der Waals surface area contributed by atoms with Gasteiger partial charge in [-0.3, -0.25) is 4.90 Å². The highest BCUT2D eigenvalue weighted by molar-refractivity contribution is 6.06. The first-order chi connectivity index (χ1) is 15.3. The standard InChI is InChI=1S/C22H16F3N3O4/c1-31-21(29)16-15(11-6-4-3-5-7-11)12(10-26)20(27)28(19(16)22(30)32-2)14-9-8-13(23)17(24)18(14)25/h3-9,15H,27H2,1-2H3. The molecule has 2 aromatic rings. The first-order valence-electron chi connectivity index (χ1n) is 9.07. The summed E-state index contributed by atoms with van der Waals surface area (Å²) in [6.45, 7) is 0. The van der Waals surface area contributed by atoms with Crippen LogP contribution in [0.3, 0.4) is 0 Å². The zero-order valence-electron chi connectivity index (χ0n) is 16.9. The third-order valence-electron chi connectivity index (χ3n) is 4.87. The number of allylic oxidation sites excluding steroid dienone is 1. The number of hydrogen-bond acceptors (Lipinski definition) is 7. The van der Waals surface area contributed by atoms with Crippen LogP contribution in [0.4, 0.5) is 18.9 Å². The van der Waals surface area contributed by atoms with Crippen molar-refractivity contribution in [1.82, 2.24) is 0 Å². The van der Waals surface area contributed by atoms with E-state index in [1.807, 2.05) is 6.07 Å². The lowest BCUT2D eigenvalue weighted by atomic mass is 9.81. The Morgan fingerprint density at radius 1 is 1.00 bits per heavy atom. The topological polar surface area (TPSA) is 106 Å². The highest BCUT2D eigenvalue weighted by Crippen LogP contribution is 2.43. The first kappa shape index (κ1) is 22.4. The van der Waals surface area contributed by atoms with Crippen molar-refractivity contribution < 1.29 is 32.2 Å². The summed E-state index contributed by atoms with van der Waals surface area (Å²) in [7, 11) is 2.05. The summed E-state index contributed by atoms with van der Waals surface area (Å²) in [6.07, 6.45) is 0. The van der Waals surface area contributed by atoms with Crippen molar-refractivity contribution >= 4 is 17.6 Å². The van der Waals surface area contributed by atoms with Gasteiger partial charge in [-0.15, -0.1) is 0 Å². The molecular weight excluding hydrogens is 427 g/mol. The van der Waals surface area contributed by atoms with Gasteiger partial charge in [0.05, 0.1) is 43.0 Å². The van der Waals surface area contributed by atoms with Gasteiger partial charge in [0.1, 0.15) is 11.5 Å². The van der Waals surface area contributed by atoms with E-state index in [1.165, 1.54) is 0 Å². The van der Waals surface area contributed by atoms with Crippen LogP contribution in [-0.2, 0) is 19.1 Å². The van der Waals surface area contributed by atoms with E-state index in [0.717, 1.165) is 20.3 Å². The molecule has 0 bridgehead atoms. The molecule has 164 valence electrons. The van der Waals surface area contributed by atoms with Gasteiger partial charge >= 0.3 is 11.9 Å². The van der Waals surface area contributed by atoms with E-state index in [9.17, 15) is 28.0 Å². The fourth-order valence-corrected chi connectivity index (χ4v) is 3.45. The van der Waals surface area contributed by atoms with Crippen molar-refractivity contribution in [3.8, 4) is 6.07 Å². The van der Waals surface area contributed by atoms with Crippen molar-refractivity contribution in [2.75, 3.05) is 19.1 Å². The zero-order valence-corrected chi connectivity index (χ0v) is 16.9. The molecule has 1 aliphatic heterocycles. The number of carbonyl (C=O) groups is 2. The van der Waals surface area contributed by atoms with E-state index in [2.05, 4.69) is 0 Å². The molecule has 0 amide bonds. The summed E-state index contributed by atoms with van der Waals surface area (Å²) in [5, 5.41) is 9.85. The van der Waals surface area contributed by atoms with E-state index in [-0.39, 0.29) is 11.1 Å². The van der Waals surface area contributed by atoms with E-state index in [1.54, 1.807) is 30.3 Å². The van der Waals surface area contributed by atoms with Crippen molar-refractivity contribution in [2.45, 2.75) is 5.92 Å². The van der Waals surface area contributed by atoms with Gasteiger partial charge in [-0.1, -0.05) is 30.3 Å². The molecule has 2 aromatic carbocycles. The lowest BCUT2D eigenvalue weighted by molar-refractivity contribution is -0.139. The summed E-state index contributed by atoms with van der Waals surface area (Å²) in [4.78, 5) is 26.2. The van der Waals surface area contributed by atoms with E-state index >= 15 is 0 Å². The minimum absolute atomic E-state index is 0.242. The maximum Gasteiger partial charge on any atom is 0.355 e. The summed E-state index contributed by atoms with van der Waals surface area (Å²) >= 11 is 0. The number of benzene rings is 2. The number of carbonyl (C=O) groups excluding carboxylic acids is 2. The molecule has 1 atom stereocenters. The quantitative estimate of drug-likeness (QED) is 0.572. The van der Waals surface area contributed by atoms with Gasteiger partial charge in [0.15, 0.2) is 17.5 Å². The van der Waals surface area contributed by atoms with Crippen LogP contribution < -0.4 is 10.6 Å². The van der Waals surface area contributed by atoms with Crippen LogP contribution in [0.5, 0.6) is 0 Å². The number of hydrogen-bond donors (Lipinski definition) is 1. The molecular formula is C22H16F3N3O4. The fraction of sp³-hybridized carbons (Fsp3) is 0.136. The number of rotatable bonds is 4. The van der Waals surface area contributed by atoms with Gasteiger partial charge in [-0.25, -0.2) is 22.8 Å². The Kier molecular flexibility index (Phi) is 6.20. The van der Waals surface area contributed by atoms with Crippen LogP contribution in [0.15, 0.2) is 65.1 Å². The number of anilines is 1. The molecule has 0 fully saturated rings. The Hall–Kier alpha value is -4.26. The lowest BCUT2D eigenvalue weighted by Gasteiger charge is -2.36. The number of nitrogens with two attached hydrogens (primary N) is 1. The molecule has 0 radical (unpaired) electrons. The smallest absolute Gasteiger partial charge is 0.355 e. The molecule has 0 saturated heterocycles. The minimum atomic E-state index is -1.83. The second kappa shape index (κ2) is 8.85. The average molecular weight is 443 g/mol. The Bertz CT molecular complexity index is 1200. The van der Waals surface area contributed by atoms with Crippen molar-refractivity contribution in [3.63, 3.8) is 0 Å². The lowest BCUT2D eigenvalue weighted by Crippen LogP contribution is -2.41. The predicted octanol–water partition coefficient (Wildman–Crippen LogP) is 3.00. The third kappa shape index (κ3) is 3.54. The zero-order chi connectivity index (χ0) is 23.6. The van der Waals surface area contributed by atoms with E-state index in [0.29, 0.717) is 16.5 Å². The number of nitriles is 1. The number of esters is 2. The fourth-order valence-electron chi connectivity index (χ4n) is 3.45. The second-order valence-corrected chi connectivity index (χ2v) is 6.53. The molecule has 10 heteroatoms. The van der Waals surface area contributed by atoms with Crippen molar-refractivity contribution in [3.05, 3.63) is 88.1 Å².